The summed E-state index contributed by atoms with van der Waals surface area (Å²) in [5.41, 5.74) is 2.49. The average Bonchev–Trinajstić information content (AvgIpc) is 3.06. The first kappa shape index (κ1) is 17.5. The van der Waals surface area contributed by atoms with Gasteiger partial charge in [0.1, 0.15) is 11.4 Å². The number of imidazole rings is 1. The third-order valence-electron chi connectivity index (χ3n) is 4.84. The molecule has 27 heavy (non-hydrogen) atoms. The van der Waals surface area contributed by atoms with Crippen molar-refractivity contribution in [3.05, 3.63) is 81.3 Å². The van der Waals surface area contributed by atoms with Crippen LogP contribution >= 0.6 is 11.6 Å². The smallest absolute Gasteiger partial charge is 0.275 e. The summed E-state index contributed by atoms with van der Waals surface area (Å²) in [7, 11) is 0. The number of carbonyl (C=O) groups excluding carboxylic acids is 1. The molecule has 0 unspecified atom stereocenters. The molecular formula is C20H19ClN4O2. The third-order valence-corrected chi connectivity index (χ3v) is 5.08. The average molecular weight is 383 g/mol. The molecule has 2 aromatic heterocycles. The highest BCUT2D eigenvalue weighted by atomic mass is 35.5. The van der Waals surface area contributed by atoms with Crippen molar-refractivity contribution in [1.29, 1.82) is 0 Å². The Balaban J connectivity index is 1.70. The SMILES string of the molecule is Cc1cn(-c2ccc3n(c2=O)C[C@@H](C)N(Cc2cccc(Cl)c2)C3=O)cn1. The van der Waals surface area contributed by atoms with E-state index in [9.17, 15) is 9.59 Å². The number of pyridine rings is 1. The molecule has 3 aromatic rings. The molecule has 0 bridgehead atoms. The monoisotopic (exact) mass is 382 g/mol. The van der Waals surface area contributed by atoms with Gasteiger partial charge in [0.2, 0.25) is 0 Å². The van der Waals surface area contributed by atoms with Crippen LogP contribution in [-0.2, 0) is 13.1 Å². The van der Waals surface area contributed by atoms with Gasteiger partial charge in [-0.05, 0) is 43.7 Å². The number of amides is 1. The molecule has 0 spiro atoms. The lowest BCUT2D eigenvalue weighted by atomic mass is 10.1. The second-order valence-corrected chi connectivity index (χ2v) is 7.29. The van der Waals surface area contributed by atoms with Gasteiger partial charge in [-0.15, -0.1) is 0 Å². The molecule has 6 nitrogen and oxygen atoms in total. The molecule has 0 radical (unpaired) electrons. The highest BCUT2D eigenvalue weighted by Crippen LogP contribution is 2.21. The van der Waals surface area contributed by atoms with Gasteiger partial charge in [-0.1, -0.05) is 23.7 Å². The Hall–Kier alpha value is -2.86. The Morgan fingerprint density at radius 3 is 2.74 bits per heavy atom. The predicted molar refractivity (Wildman–Crippen MR) is 103 cm³/mol. The molecule has 138 valence electrons. The Morgan fingerprint density at radius 1 is 1.22 bits per heavy atom. The molecule has 1 atom stereocenters. The molecule has 4 rings (SSSR count). The fourth-order valence-corrected chi connectivity index (χ4v) is 3.67. The Morgan fingerprint density at radius 2 is 2.04 bits per heavy atom. The minimum Gasteiger partial charge on any atom is -0.329 e. The van der Waals surface area contributed by atoms with Crippen molar-refractivity contribution < 1.29 is 4.79 Å². The fourth-order valence-electron chi connectivity index (χ4n) is 3.45. The first-order valence-corrected chi connectivity index (χ1v) is 9.12. The van der Waals surface area contributed by atoms with E-state index in [1.54, 1.807) is 44.8 Å². The molecule has 1 aliphatic heterocycles. The van der Waals surface area contributed by atoms with Crippen LogP contribution in [0, 0.1) is 6.92 Å². The first-order valence-electron chi connectivity index (χ1n) is 8.74. The Labute approximate surface area is 161 Å². The Bertz CT molecular complexity index is 1090. The van der Waals surface area contributed by atoms with Gasteiger partial charge < -0.3 is 14.0 Å². The minimum absolute atomic E-state index is 0.110. The van der Waals surface area contributed by atoms with E-state index in [0.29, 0.717) is 29.5 Å². The molecule has 0 saturated carbocycles. The number of hydrogen-bond acceptors (Lipinski definition) is 3. The molecule has 0 aliphatic carbocycles. The topological polar surface area (TPSA) is 60.1 Å². The van der Waals surface area contributed by atoms with Crippen LogP contribution in [0.4, 0.5) is 0 Å². The van der Waals surface area contributed by atoms with E-state index < -0.39 is 0 Å². The lowest BCUT2D eigenvalue weighted by molar-refractivity contribution is 0.0590. The standard InChI is InChI=1S/C20H19ClN4O2/c1-13-9-23(12-22-13)17-6-7-18-20(27)24(14(2)10-25(18)19(17)26)11-15-4-3-5-16(21)8-15/h3-9,12,14H,10-11H2,1-2H3/t14-/m1/s1. The van der Waals surface area contributed by atoms with Crippen LogP contribution in [-0.4, -0.2) is 31.0 Å². The number of rotatable bonds is 3. The van der Waals surface area contributed by atoms with Gasteiger partial charge in [-0.3, -0.25) is 9.59 Å². The van der Waals surface area contributed by atoms with Gasteiger partial charge in [-0.2, -0.15) is 0 Å². The molecule has 0 fully saturated rings. The second kappa shape index (κ2) is 6.70. The lowest BCUT2D eigenvalue weighted by Crippen LogP contribution is -2.49. The number of nitrogens with zero attached hydrogens (tertiary/aromatic N) is 4. The summed E-state index contributed by atoms with van der Waals surface area (Å²) in [6.45, 7) is 4.72. The molecule has 7 heteroatoms. The van der Waals surface area contributed by atoms with Gasteiger partial charge in [0.15, 0.2) is 0 Å². The summed E-state index contributed by atoms with van der Waals surface area (Å²) < 4.78 is 3.25. The van der Waals surface area contributed by atoms with Crippen LogP contribution in [0.5, 0.6) is 0 Å². The van der Waals surface area contributed by atoms with E-state index in [-0.39, 0.29) is 17.5 Å². The molecule has 0 saturated heterocycles. The van der Waals surface area contributed by atoms with Crippen molar-refractivity contribution in [2.45, 2.75) is 33.0 Å². The highest BCUT2D eigenvalue weighted by molar-refractivity contribution is 6.30. The van der Waals surface area contributed by atoms with Gasteiger partial charge in [0, 0.05) is 30.4 Å². The number of aromatic nitrogens is 3. The minimum atomic E-state index is -0.187. The van der Waals surface area contributed by atoms with Crippen LogP contribution in [0.1, 0.15) is 28.7 Å². The molecule has 0 N–H and O–H groups in total. The maximum atomic E-state index is 13.0. The van der Waals surface area contributed by atoms with Gasteiger partial charge in [-0.25, -0.2) is 4.98 Å². The van der Waals surface area contributed by atoms with Gasteiger partial charge in [0.25, 0.3) is 11.5 Å². The van der Waals surface area contributed by atoms with Crippen molar-refractivity contribution >= 4 is 17.5 Å². The van der Waals surface area contributed by atoms with E-state index in [4.69, 9.17) is 11.6 Å². The number of aryl methyl sites for hydroxylation is 1. The quantitative estimate of drug-likeness (QED) is 0.699. The zero-order valence-corrected chi connectivity index (χ0v) is 15.8. The highest BCUT2D eigenvalue weighted by Gasteiger charge is 2.31. The van der Waals surface area contributed by atoms with Gasteiger partial charge >= 0.3 is 0 Å². The Kier molecular flexibility index (Phi) is 4.36. The van der Waals surface area contributed by atoms with E-state index in [1.165, 1.54) is 0 Å². The maximum absolute atomic E-state index is 13.0. The number of fused-ring (bicyclic) bond motifs is 1. The van der Waals surface area contributed by atoms with Crippen molar-refractivity contribution in [3.63, 3.8) is 0 Å². The van der Waals surface area contributed by atoms with E-state index >= 15 is 0 Å². The predicted octanol–water partition coefficient (Wildman–Crippen LogP) is 3.04. The third kappa shape index (κ3) is 3.17. The molecule has 3 heterocycles. The van der Waals surface area contributed by atoms with Crippen molar-refractivity contribution in [2.75, 3.05) is 0 Å². The zero-order chi connectivity index (χ0) is 19.1. The molecule has 1 aromatic carbocycles. The van der Waals surface area contributed by atoms with Crippen molar-refractivity contribution in [2.24, 2.45) is 0 Å². The summed E-state index contributed by atoms with van der Waals surface area (Å²) in [5.74, 6) is -0.154. The lowest BCUT2D eigenvalue weighted by Gasteiger charge is -2.35. The second-order valence-electron chi connectivity index (χ2n) is 6.85. The molecule has 1 amide bonds. The number of carbonyl (C=O) groups is 1. The van der Waals surface area contributed by atoms with Crippen molar-refractivity contribution in [3.8, 4) is 5.69 Å². The van der Waals surface area contributed by atoms with E-state index in [0.717, 1.165) is 11.3 Å². The van der Waals surface area contributed by atoms with Crippen LogP contribution in [0.2, 0.25) is 5.02 Å². The van der Waals surface area contributed by atoms with Crippen LogP contribution in [0.3, 0.4) is 0 Å². The number of halogens is 1. The van der Waals surface area contributed by atoms with Crippen LogP contribution in [0.15, 0.2) is 53.7 Å². The summed E-state index contributed by atoms with van der Waals surface area (Å²) in [5, 5.41) is 0.640. The summed E-state index contributed by atoms with van der Waals surface area (Å²) in [4.78, 5) is 31.9. The fraction of sp³-hybridized carbons (Fsp3) is 0.250. The molecule has 1 aliphatic rings. The van der Waals surface area contributed by atoms with Crippen LogP contribution < -0.4 is 5.56 Å². The zero-order valence-electron chi connectivity index (χ0n) is 15.1. The molecular weight excluding hydrogens is 364 g/mol. The maximum Gasteiger partial charge on any atom is 0.275 e. The van der Waals surface area contributed by atoms with Crippen molar-refractivity contribution in [1.82, 2.24) is 19.0 Å². The van der Waals surface area contributed by atoms with Crippen LogP contribution in [0.25, 0.3) is 5.69 Å². The summed E-state index contributed by atoms with van der Waals surface area (Å²) >= 11 is 6.06. The van der Waals surface area contributed by atoms with Gasteiger partial charge in [0.05, 0.1) is 12.0 Å². The number of hydrogen-bond donors (Lipinski definition) is 0. The first-order chi connectivity index (χ1) is 12.9. The normalized spacial score (nSPS) is 16.5. The van der Waals surface area contributed by atoms with E-state index in [1.807, 2.05) is 32.0 Å². The summed E-state index contributed by atoms with van der Waals surface area (Å²) in [6.07, 6.45) is 3.40. The summed E-state index contributed by atoms with van der Waals surface area (Å²) in [6, 6.07) is 10.8. The number of benzene rings is 1. The van der Waals surface area contributed by atoms with E-state index in [2.05, 4.69) is 4.98 Å². The largest absolute Gasteiger partial charge is 0.329 e.